The summed E-state index contributed by atoms with van der Waals surface area (Å²) in [5.74, 6) is 0.515. The van der Waals surface area contributed by atoms with Crippen LogP contribution in [0.1, 0.15) is 0 Å². The quantitative estimate of drug-likeness (QED) is 0.753. The predicted molar refractivity (Wildman–Crippen MR) is 52.3 cm³/mol. The van der Waals surface area contributed by atoms with E-state index in [0.717, 1.165) is 0 Å². The molecule has 0 aliphatic carbocycles. The second kappa shape index (κ2) is 3.81. The van der Waals surface area contributed by atoms with Crippen LogP contribution in [0.5, 0.6) is 5.75 Å². The zero-order chi connectivity index (χ0) is 10.8. The molecule has 0 bridgehead atoms. The number of hydrogen-bond acceptors (Lipinski definition) is 5. The predicted octanol–water partition coefficient (Wildman–Crippen LogP) is -0.270. The molecule has 0 saturated carbocycles. The minimum absolute atomic E-state index is 0.111. The summed E-state index contributed by atoms with van der Waals surface area (Å²) in [6, 6.07) is 3.04. The highest BCUT2D eigenvalue weighted by Gasteiger charge is 2.11. The lowest BCUT2D eigenvalue weighted by Gasteiger charge is -2.14. The van der Waals surface area contributed by atoms with Gasteiger partial charge in [-0.25, -0.2) is 4.98 Å². The third-order valence-electron chi connectivity index (χ3n) is 1.38. The summed E-state index contributed by atoms with van der Waals surface area (Å²) in [6.45, 7) is 0. The highest BCUT2D eigenvalue weighted by Crippen LogP contribution is 2.23. The molecule has 1 aromatic heterocycles. The Balaban J connectivity index is 3.08. The smallest absolute Gasteiger partial charge is 0.367 e. The first-order valence-corrected chi connectivity index (χ1v) is 5.22. The van der Waals surface area contributed by atoms with Crippen LogP contribution in [0.4, 0.5) is 5.82 Å². The minimum Gasteiger partial charge on any atom is -0.367 e. The standard InChI is InChI=1S/C7H11N3O3S/c1-10(2)7-6(4-3-5-9-7)13-14(8,11)12/h3-5H,1-2H3,(H2,8,11,12). The molecular weight excluding hydrogens is 206 g/mol. The Bertz CT molecular complexity index is 416. The van der Waals surface area contributed by atoms with Crippen molar-refractivity contribution in [1.29, 1.82) is 0 Å². The van der Waals surface area contributed by atoms with Crippen molar-refractivity contribution in [3.63, 3.8) is 0 Å². The van der Waals surface area contributed by atoms with Crippen molar-refractivity contribution >= 4 is 16.1 Å². The molecule has 2 N–H and O–H groups in total. The van der Waals surface area contributed by atoms with Crippen molar-refractivity contribution in [2.45, 2.75) is 0 Å². The van der Waals surface area contributed by atoms with Crippen molar-refractivity contribution in [2.75, 3.05) is 19.0 Å². The first kappa shape index (κ1) is 10.7. The van der Waals surface area contributed by atoms with Crippen molar-refractivity contribution in [1.82, 2.24) is 4.98 Å². The van der Waals surface area contributed by atoms with Crippen molar-refractivity contribution in [3.05, 3.63) is 18.3 Å². The van der Waals surface area contributed by atoms with Gasteiger partial charge < -0.3 is 9.08 Å². The molecule has 0 aliphatic heterocycles. The molecule has 0 aromatic carbocycles. The van der Waals surface area contributed by atoms with E-state index >= 15 is 0 Å². The largest absolute Gasteiger partial charge is 0.380 e. The van der Waals surface area contributed by atoms with Gasteiger partial charge in [0.2, 0.25) is 0 Å². The van der Waals surface area contributed by atoms with Crippen LogP contribution in [0.15, 0.2) is 18.3 Å². The summed E-state index contributed by atoms with van der Waals surface area (Å²) in [5.41, 5.74) is 0. The Morgan fingerprint density at radius 3 is 2.64 bits per heavy atom. The van der Waals surface area contributed by atoms with Gasteiger partial charge >= 0.3 is 10.3 Å². The lowest BCUT2D eigenvalue weighted by atomic mass is 10.4. The molecule has 0 unspecified atom stereocenters. The van der Waals surface area contributed by atoms with Crippen LogP contribution in [0.3, 0.4) is 0 Å². The molecule has 0 radical (unpaired) electrons. The molecule has 0 spiro atoms. The van der Waals surface area contributed by atoms with E-state index in [1.54, 1.807) is 25.1 Å². The molecule has 1 heterocycles. The van der Waals surface area contributed by atoms with Gasteiger partial charge in [0, 0.05) is 20.3 Å². The molecule has 1 rings (SSSR count). The summed E-state index contributed by atoms with van der Waals surface area (Å²) in [5, 5.41) is 4.74. The number of nitrogens with two attached hydrogens (primary N) is 1. The van der Waals surface area contributed by atoms with Crippen LogP contribution in [-0.4, -0.2) is 27.5 Å². The highest BCUT2D eigenvalue weighted by molar-refractivity contribution is 7.84. The van der Waals surface area contributed by atoms with Crippen LogP contribution in [0.25, 0.3) is 0 Å². The number of rotatable bonds is 3. The molecular formula is C7H11N3O3S. The highest BCUT2D eigenvalue weighted by atomic mass is 32.2. The number of nitrogens with zero attached hydrogens (tertiary/aromatic N) is 2. The lowest BCUT2D eigenvalue weighted by Crippen LogP contribution is -2.21. The maximum atomic E-state index is 10.7. The van der Waals surface area contributed by atoms with Gasteiger partial charge in [-0.2, -0.15) is 13.6 Å². The summed E-state index contributed by atoms with van der Waals surface area (Å²) in [6.07, 6.45) is 1.53. The van der Waals surface area contributed by atoms with E-state index in [9.17, 15) is 8.42 Å². The first-order chi connectivity index (χ1) is 6.40. The molecule has 78 valence electrons. The van der Waals surface area contributed by atoms with E-state index in [4.69, 9.17) is 5.14 Å². The first-order valence-electron chi connectivity index (χ1n) is 3.75. The second-order valence-electron chi connectivity index (χ2n) is 2.80. The average Bonchev–Trinajstić information content (AvgIpc) is 2.01. The van der Waals surface area contributed by atoms with Gasteiger partial charge in [0.15, 0.2) is 11.6 Å². The third-order valence-corrected chi connectivity index (χ3v) is 1.79. The Hall–Kier alpha value is -1.34. The second-order valence-corrected chi connectivity index (χ2v) is 3.95. The van der Waals surface area contributed by atoms with Crippen LogP contribution in [0.2, 0.25) is 0 Å². The maximum absolute atomic E-state index is 10.7. The third kappa shape index (κ3) is 2.86. The van der Waals surface area contributed by atoms with Crippen LogP contribution in [0, 0.1) is 0 Å². The van der Waals surface area contributed by atoms with Crippen molar-refractivity contribution in [3.8, 4) is 5.75 Å². The molecule has 0 atom stereocenters. The fourth-order valence-electron chi connectivity index (χ4n) is 0.908. The Morgan fingerprint density at radius 2 is 2.14 bits per heavy atom. The SMILES string of the molecule is CN(C)c1ncccc1OS(N)(=O)=O. The summed E-state index contributed by atoms with van der Waals surface area (Å²) in [4.78, 5) is 5.57. The number of hydrogen-bond donors (Lipinski definition) is 1. The summed E-state index contributed by atoms with van der Waals surface area (Å²) >= 11 is 0. The topological polar surface area (TPSA) is 85.5 Å². The van der Waals surface area contributed by atoms with Gasteiger partial charge in [0.1, 0.15) is 0 Å². The van der Waals surface area contributed by atoms with Gasteiger partial charge in [-0.3, -0.25) is 0 Å². The zero-order valence-electron chi connectivity index (χ0n) is 7.84. The lowest BCUT2D eigenvalue weighted by molar-refractivity contribution is 0.486. The van der Waals surface area contributed by atoms with Crippen LogP contribution < -0.4 is 14.2 Å². The monoisotopic (exact) mass is 217 g/mol. The Kier molecular flexibility index (Phi) is 2.92. The van der Waals surface area contributed by atoms with E-state index in [0.29, 0.717) is 5.82 Å². The van der Waals surface area contributed by atoms with E-state index in [-0.39, 0.29) is 5.75 Å². The normalized spacial score (nSPS) is 11.1. The fourth-order valence-corrected chi connectivity index (χ4v) is 1.29. The molecule has 0 saturated heterocycles. The molecule has 0 aliphatic rings. The van der Waals surface area contributed by atoms with Gasteiger partial charge in [0.05, 0.1) is 0 Å². The number of aromatic nitrogens is 1. The van der Waals surface area contributed by atoms with Gasteiger partial charge in [-0.15, -0.1) is 0 Å². The van der Waals surface area contributed by atoms with Gasteiger partial charge in [-0.1, -0.05) is 0 Å². The van der Waals surface area contributed by atoms with Crippen LogP contribution in [-0.2, 0) is 10.3 Å². The van der Waals surface area contributed by atoms with Crippen molar-refractivity contribution in [2.24, 2.45) is 5.14 Å². The van der Waals surface area contributed by atoms with Gasteiger partial charge in [-0.05, 0) is 12.1 Å². The molecule has 0 amide bonds. The molecule has 7 heteroatoms. The summed E-state index contributed by atoms with van der Waals surface area (Å²) < 4.78 is 25.9. The zero-order valence-corrected chi connectivity index (χ0v) is 8.65. The maximum Gasteiger partial charge on any atom is 0.380 e. The Morgan fingerprint density at radius 1 is 1.50 bits per heavy atom. The molecule has 14 heavy (non-hydrogen) atoms. The Labute approximate surface area is 82.6 Å². The number of anilines is 1. The van der Waals surface area contributed by atoms with Gasteiger partial charge in [0.25, 0.3) is 0 Å². The summed E-state index contributed by atoms with van der Waals surface area (Å²) in [7, 11) is -0.559. The molecule has 6 nitrogen and oxygen atoms in total. The van der Waals surface area contributed by atoms with E-state index in [1.165, 1.54) is 12.3 Å². The van der Waals surface area contributed by atoms with Crippen LogP contribution >= 0.6 is 0 Å². The minimum atomic E-state index is -4.00. The van der Waals surface area contributed by atoms with E-state index in [1.807, 2.05) is 0 Å². The number of pyridine rings is 1. The fraction of sp³-hybridized carbons (Fsp3) is 0.286. The average molecular weight is 217 g/mol. The van der Waals surface area contributed by atoms with E-state index < -0.39 is 10.3 Å². The van der Waals surface area contributed by atoms with Crippen molar-refractivity contribution < 1.29 is 12.6 Å². The molecule has 0 fully saturated rings. The molecule has 1 aromatic rings. The van der Waals surface area contributed by atoms with E-state index in [2.05, 4.69) is 9.17 Å².